The number of methoxy groups -OCH3 is 2. The topological polar surface area (TPSA) is 35.5 Å². The van der Waals surface area contributed by atoms with Gasteiger partial charge >= 0.3 is 0 Å². The van der Waals surface area contributed by atoms with Gasteiger partial charge in [0.25, 0.3) is 0 Å². The zero-order valence-corrected chi connectivity index (χ0v) is 13.2. The molecule has 0 aromatic carbocycles. The molecule has 0 amide bonds. The van der Waals surface area contributed by atoms with Gasteiger partial charge in [-0.15, -0.1) is 0 Å². The second-order valence-electron chi connectivity index (χ2n) is 7.17. The lowest BCUT2D eigenvalue weighted by atomic mass is 9.65. The van der Waals surface area contributed by atoms with Gasteiger partial charge in [0.05, 0.1) is 0 Å². The Morgan fingerprint density at radius 1 is 1.25 bits per heavy atom. The molecule has 0 unspecified atom stereocenters. The Morgan fingerprint density at radius 2 is 1.95 bits per heavy atom. The largest absolute Gasteiger partial charge is 0.353 e. The maximum atomic E-state index is 12.7. The second-order valence-corrected chi connectivity index (χ2v) is 7.17. The SMILES string of the molecule is CC[C@@H]1[C@H]2C(=O)C[C@H]3[C@H](CCC3(OC)OC)[C@@H]2C[C@@H]1C. The fourth-order valence-electron chi connectivity index (χ4n) is 5.84. The van der Waals surface area contributed by atoms with Gasteiger partial charge in [0, 0.05) is 38.9 Å². The van der Waals surface area contributed by atoms with Crippen LogP contribution < -0.4 is 0 Å². The van der Waals surface area contributed by atoms with Crippen LogP contribution in [0.25, 0.3) is 0 Å². The number of fused-ring (bicyclic) bond motifs is 3. The number of Topliss-reactive ketones (excluding diaryl/α,β-unsaturated/α-hetero) is 1. The van der Waals surface area contributed by atoms with Crippen molar-refractivity contribution in [2.45, 2.75) is 51.7 Å². The number of carbonyl (C=O) groups is 1. The van der Waals surface area contributed by atoms with E-state index in [1.54, 1.807) is 14.2 Å². The minimum Gasteiger partial charge on any atom is -0.353 e. The van der Waals surface area contributed by atoms with Crippen molar-refractivity contribution in [2.24, 2.45) is 35.5 Å². The average Bonchev–Trinajstić information content (AvgIpc) is 2.97. The summed E-state index contributed by atoms with van der Waals surface area (Å²) >= 11 is 0. The highest BCUT2D eigenvalue weighted by Gasteiger charge is 2.60. The first-order valence-electron chi connectivity index (χ1n) is 8.21. The van der Waals surface area contributed by atoms with Crippen molar-refractivity contribution in [2.75, 3.05) is 14.2 Å². The molecule has 0 spiro atoms. The van der Waals surface area contributed by atoms with Crippen molar-refractivity contribution in [3.8, 4) is 0 Å². The molecule has 0 aromatic rings. The first kappa shape index (κ1) is 14.5. The summed E-state index contributed by atoms with van der Waals surface area (Å²) in [5, 5.41) is 0. The summed E-state index contributed by atoms with van der Waals surface area (Å²) < 4.78 is 11.4. The van der Waals surface area contributed by atoms with Crippen molar-refractivity contribution >= 4 is 5.78 Å². The van der Waals surface area contributed by atoms with Gasteiger partial charge in [-0.1, -0.05) is 20.3 Å². The minimum absolute atomic E-state index is 0.272. The summed E-state index contributed by atoms with van der Waals surface area (Å²) in [6, 6.07) is 0. The molecule has 0 N–H and O–H groups in total. The maximum Gasteiger partial charge on any atom is 0.171 e. The third-order valence-electron chi connectivity index (χ3n) is 6.71. The fraction of sp³-hybridized carbons (Fsp3) is 0.941. The van der Waals surface area contributed by atoms with Gasteiger partial charge in [0.2, 0.25) is 0 Å². The van der Waals surface area contributed by atoms with Crippen molar-refractivity contribution in [1.82, 2.24) is 0 Å². The summed E-state index contributed by atoms with van der Waals surface area (Å²) in [5.41, 5.74) is 0. The van der Waals surface area contributed by atoms with Crippen LogP contribution in [0.1, 0.15) is 46.0 Å². The molecule has 3 heteroatoms. The Labute approximate surface area is 122 Å². The highest BCUT2D eigenvalue weighted by Crippen LogP contribution is 2.59. The van der Waals surface area contributed by atoms with Gasteiger partial charge in [-0.05, 0) is 36.5 Å². The molecule has 114 valence electrons. The minimum atomic E-state index is -0.501. The zero-order valence-electron chi connectivity index (χ0n) is 13.2. The van der Waals surface area contributed by atoms with Crippen LogP contribution in [0, 0.1) is 35.5 Å². The number of ether oxygens (including phenoxy) is 2. The first-order valence-corrected chi connectivity index (χ1v) is 8.21. The molecule has 3 saturated carbocycles. The van der Waals surface area contributed by atoms with Crippen molar-refractivity contribution in [3.63, 3.8) is 0 Å². The van der Waals surface area contributed by atoms with Crippen LogP contribution >= 0.6 is 0 Å². The zero-order chi connectivity index (χ0) is 14.5. The predicted octanol–water partition coefficient (Wildman–Crippen LogP) is 3.27. The monoisotopic (exact) mass is 280 g/mol. The summed E-state index contributed by atoms with van der Waals surface area (Å²) in [6.07, 6.45) is 5.13. The van der Waals surface area contributed by atoms with Crippen LogP contribution in [-0.4, -0.2) is 25.8 Å². The van der Waals surface area contributed by atoms with E-state index in [1.165, 1.54) is 6.42 Å². The van der Waals surface area contributed by atoms with Crippen LogP contribution in [-0.2, 0) is 14.3 Å². The van der Waals surface area contributed by atoms with Gasteiger partial charge in [0.15, 0.2) is 5.79 Å². The standard InChI is InChI=1S/C17H28O3/c1-5-11-10(2)8-13-12-6-7-17(19-3,20-4)14(12)9-15(18)16(11)13/h10-14,16H,5-9H2,1-4H3/t10-,11-,12+,13-,14-,16+/m0/s1. The highest BCUT2D eigenvalue weighted by molar-refractivity contribution is 5.83. The molecule has 0 aliphatic heterocycles. The molecule has 6 atom stereocenters. The van der Waals surface area contributed by atoms with Crippen LogP contribution in [0.15, 0.2) is 0 Å². The molecule has 0 heterocycles. The van der Waals surface area contributed by atoms with E-state index in [2.05, 4.69) is 13.8 Å². The molecule has 20 heavy (non-hydrogen) atoms. The van der Waals surface area contributed by atoms with Crippen LogP contribution in [0.2, 0.25) is 0 Å². The van der Waals surface area contributed by atoms with Gasteiger partial charge in [-0.25, -0.2) is 0 Å². The Balaban J connectivity index is 1.90. The first-order chi connectivity index (χ1) is 9.57. The Morgan fingerprint density at radius 3 is 2.55 bits per heavy atom. The molecule has 3 nitrogen and oxygen atoms in total. The van der Waals surface area contributed by atoms with Crippen molar-refractivity contribution < 1.29 is 14.3 Å². The van der Waals surface area contributed by atoms with E-state index in [4.69, 9.17) is 9.47 Å². The molecule has 3 rings (SSSR count). The van der Waals surface area contributed by atoms with E-state index >= 15 is 0 Å². The van der Waals surface area contributed by atoms with Gasteiger partial charge in [0.1, 0.15) is 5.78 Å². The van der Waals surface area contributed by atoms with Crippen molar-refractivity contribution in [1.29, 1.82) is 0 Å². The van der Waals surface area contributed by atoms with Crippen LogP contribution in [0.4, 0.5) is 0 Å². The number of carbonyl (C=O) groups excluding carboxylic acids is 1. The van der Waals surface area contributed by atoms with Crippen LogP contribution in [0.5, 0.6) is 0 Å². The molecule has 0 saturated heterocycles. The van der Waals surface area contributed by atoms with Crippen LogP contribution in [0.3, 0.4) is 0 Å². The second kappa shape index (κ2) is 5.10. The fourth-order valence-corrected chi connectivity index (χ4v) is 5.84. The van der Waals surface area contributed by atoms with E-state index < -0.39 is 5.79 Å². The van der Waals surface area contributed by atoms with Crippen molar-refractivity contribution in [3.05, 3.63) is 0 Å². The van der Waals surface area contributed by atoms with E-state index in [9.17, 15) is 4.79 Å². The highest BCUT2D eigenvalue weighted by atomic mass is 16.7. The maximum absolute atomic E-state index is 12.7. The van der Waals surface area contributed by atoms with E-state index in [0.29, 0.717) is 41.8 Å². The number of ketones is 1. The summed E-state index contributed by atoms with van der Waals surface area (Å²) in [6.45, 7) is 4.58. The number of hydrogen-bond acceptors (Lipinski definition) is 3. The average molecular weight is 280 g/mol. The third kappa shape index (κ3) is 1.82. The van der Waals surface area contributed by atoms with Gasteiger partial charge < -0.3 is 9.47 Å². The lowest BCUT2D eigenvalue weighted by molar-refractivity contribution is -0.237. The molecule has 3 aliphatic carbocycles. The predicted molar refractivity (Wildman–Crippen MR) is 77.1 cm³/mol. The number of rotatable bonds is 3. The lowest BCUT2D eigenvalue weighted by Gasteiger charge is -2.42. The summed E-state index contributed by atoms with van der Waals surface area (Å²) in [5.74, 6) is 3.07. The lowest BCUT2D eigenvalue weighted by Crippen LogP contribution is -2.47. The Bertz CT molecular complexity index is 388. The smallest absolute Gasteiger partial charge is 0.171 e. The quantitative estimate of drug-likeness (QED) is 0.744. The molecule has 3 fully saturated rings. The van der Waals surface area contributed by atoms with Gasteiger partial charge in [-0.2, -0.15) is 0 Å². The number of hydrogen-bond donors (Lipinski definition) is 0. The summed E-state index contributed by atoms with van der Waals surface area (Å²) in [4.78, 5) is 12.7. The molecule has 0 bridgehead atoms. The molecular weight excluding hydrogens is 252 g/mol. The van der Waals surface area contributed by atoms with E-state index in [-0.39, 0.29) is 5.92 Å². The Hall–Kier alpha value is -0.410. The molecule has 3 aliphatic rings. The molecular formula is C17H28O3. The third-order valence-corrected chi connectivity index (χ3v) is 6.71. The molecule has 0 radical (unpaired) electrons. The molecule has 0 aromatic heterocycles. The van der Waals surface area contributed by atoms with Gasteiger partial charge in [-0.3, -0.25) is 4.79 Å². The summed E-state index contributed by atoms with van der Waals surface area (Å²) in [7, 11) is 3.46. The normalized spacial score (nSPS) is 46.3. The Kier molecular flexibility index (Phi) is 3.70. The van der Waals surface area contributed by atoms with E-state index in [0.717, 1.165) is 19.3 Å². The van der Waals surface area contributed by atoms with E-state index in [1.807, 2.05) is 0 Å².